The molecule has 0 unspecified atom stereocenters. The summed E-state index contributed by atoms with van der Waals surface area (Å²) in [6, 6.07) is 13.8. The van der Waals surface area contributed by atoms with Crippen LogP contribution in [0.2, 0.25) is 0 Å². The number of hydrogen-bond acceptors (Lipinski definition) is 6. The Morgan fingerprint density at radius 1 is 1.12 bits per heavy atom. The lowest BCUT2D eigenvalue weighted by molar-refractivity contribution is -0.125. The quantitative estimate of drug-likeness (QED) is 0.589. The molecule has 0 saturated heterocycles. The molecule has 2 amide bonds. The van der Waals surface area contributed by atoms with E-state index in [1.807, 2.05) is 30.3 Å². The highest BCUT2D eigenvalue weighted by Gasteiger charge is 2.35. The Morgan fingerprint density at radius 2 is 1.88 bits per heavy atom. The van der Waals surface area contributed by atoms with Crippen molar-refractivity contribution in [2.24, 2.45) is 0 Å². The maximum atomic E-state index is 13.2. The molecule has 1 atom stereocenters. The van der Waals surface area contributed by atoms with Crippen molar-refractivity contribution in [1.82, 2.24) is 9.78 Å². The number of nitrogens with one attached hydrogen (secondary N) is 2. The summed E-state index contributed by atoms with van der Waals surface area (Å²) in [4.78, 5) is 25.7. The first-order valence-corrected chi connectivity index (χ1v) is 10.0. The van der Waals surface area contributed by atoms with Gasteiger partial charge in [0.1, 0.15) is 11.9 Å². The minimum absolute atomic E-state index is 0.0333. The van der Waals surface area contributed by atoms with E-state index in [2.05, 4.69) is 15.7 Å². The van der Waals surface area contributed by atoms with Crippen LogP contribution in [0.15, 0.2) is 48.5 Å². The molecule has 0 bridgehead atoms. The maximum absolute atomic E-state index is 13.2. The molecule has 2 aromatic carbocycles. The van der Waals surface area contributed by atoms with E-state index in [4.69, 9.17) is 14.2 Å². The van der Waals surface area contributed by atoms with E-state index in [1.165, 1.54) is 14.2 Å². The second-order valence-corrected chi connectivity index (χ2v) is 7.24. The zero-order chi connectivity index (χ0) is 22.7. The molecule has 4 rings (SSSR count). The van der Waals surface area contributed by atoms with Gasteiger partial charge in [-0.3, -0.25) is 9.59 Å². The normalized spacial score (nSPS) is 15.0. The first-order chi connectivity index (χ1) is 15.5. The van der Waals surface area contributed by atoms with Gasteiger partial charge in [-0.15, -0.1) is 0 Å². The van der Waals surface area contributed by atoms with Gasteiger partial charge in [0.05, 0.1) is 32.9 Å². The van der Waals surface area contributed by atoms with Crippen LogP contribution < -0.4 is 20.1 Å². The van der Waals surface area contributed by atoms with Gasteiger partial charge in [0, 0.05) is 24.4 Å². The number of nitrogens with zero attached hydrogens (tertiary/aromatic N) is 2. The van der Waals surface area contributed by atoms with Gasteiger partial charge in [-0.1, -0.05) is 30.3 Å². The van der Waals surface area contributed by atoms with Crippen molar-refractivity contribution < 1.29 is 23.8 Å². The number of benzene rings is 2. The molecule has 0 fully saturated rings. The zero-order valence-corrected chi connectivity index (χ0v) is 18.0. The third kappa shape index (κ3) is 4.02. The average Bonchev–Trinajstić information content (AvgIpc) is 3.16. The zero-order valence-electron chi connectivity index (χ0n) is 18.0. The summed E-state index contributed by atoms with van der Waals surface area (Å²) in [5, 5.41) is 10.4. The second kappa shape index (κ2) is 9.11. The lowest BCUT2D eigenvalue weighted by atomic mass is 10.0. The van der Waals surface area contributed by atoms with Crippen molar-refractivity contribution in [2.75, 3.05) is 32.0 Å². The van der Waals surface area contributed by atoms with Crippen LogP contribution in [0.1, 0.15) is 18.2 Å². The number of carbonyl (C=O) groups excluding carboxylic acids is 2. The fourth-order valence-corrected chi connectivity index (χ4v) is 3.76. The number of amides is 2. The summed E-state index contributed by atoms with van der Waals surface area (Å²) in [5.41, 5.74) is 2.78. The van der Waals surface area contributed by atoms with E-state index in [-0.39, 0.29) is 24.8 Å². The first kappa shape index (κ1) is 21.4. The molecule has 2 N–H and O–H groups in total. The molecule has 3 aromatic rings. The molecule has 1 aromatic heterocycles. The molecule has 32 heavy (non-hydrogen) atoms. The van der Waals surface area contributed by atoms with Crippen LogP contribution in [0.3, 0.4) is 0 Å². The van der Waals surface area contributed by atoms with Gasteiger partial charge in [-0.05, 0) is 17.7 Å². The Labute approximate surface area is 185 Å². The third-order valence-corrected chi connectivity index (χ3v) is 5.21. The van der Waals surface area contributed by atoms with Gasteiger partial charge in [-0.2, -0.15) is 5.10 Å². The van der Waals surface area contributed by atoms with Crippen LogP contribution in [0, 0.1) is 0 Å². The van der Waals surface area contributed by atoms with Gasteiger partial charge in [0.2, 0.25) is 11.8 Å². The predicted molar refractivity (Wildman–Crippen MR) is 119 cm³/mol. The van der Waals surface area contributed by atoms with Crippen LogP contribution in [0.5, 0.6) is 11.5 Å². The topological polar surface area (TPSA) is 104 Å². The summed E-state index contributed by atoms with van der Waals surface area (Å²) in [7, 11) is 4.64. The highest BCUT2D eigenvalue weighted by molar-refractivity contribution is 6.03. The molecule has 9 heteroatoms. The second-order valence-electron chi connectivity index (χ2n) is 7.24. The van der Waals surface area contributed by atoms with Gasteiger partial charge >= 0.3 is 0 Å². The summed E-state index contributed by atoms with van der Waals surface area (Å²) >= 11 is 0. The van der Waals surface area contributed by atoms with Crippen LogP contribution in [0.25, 0.3) is 11.1 Å². The van der Waals surface area contributed by atoms with Crippen LogP contribution in [-0.4, -0.2) is 42.9 Å². The minimum Gasteiger partial charge on any atom is -0.493 e. The van der Waals surface area contributed by atoms with Gasteiger partial charge in [-0.25, -0.2) is 4.68 Å². The lowest BCUT2D eigenvalue weighted by Gasteiger charge is -2.24. The third-order valence-electron chi connectivity index (χ3n) is 5.21. The summed E-state index contributed by atoms with van der Waals surface area (Å²) in [5.74, 6) is 0.895. The number of ether oxygens (including phenoxy) is 3. The number of fused-ring (bicyclic) bond motifs is 1. The molecule has 1 aliphatic rings. The van der Waals surface area contributed by atoms with Crippen LogP contribution in [0.4, 0.5) is 11.5 Å². The first-order valence-electron chi connectivity index (χ1n) is 10.0. The van der Waals surface area contributed by atoms with Crippen molar-refractivity contribution in [2.45, 2.75) is 19.1 Å². The summed E-state index contributed by atoms with van der Waals surface area (Å²) in [6.07, 6.45) is -0.0333. The lowest BCUT2D eigenvalue weighted by Crippen LogP contribution is -2.35. The van der Waals surface area contributed by atoms with Crippen LogP contribution >= 0.6 is 0 Å². The highest BCUT2D eigenvalue weighted by Crippen LogP contribution is 2.38. The standard InChI is InChI=1S/C23H24N4O5/c1-30-13-16-21(14-7-5-4-6-8-14)22-25-20(28)12-17(27(22)26-16)23(29)24-15-9-10-18(31-2)19(11-15)32-3/h4-11,17H,12-13H2,1-3H3,(H,24,29)(H,25,28)/t17-/m1/s1. The van der Waals surface area contributed by atoms with Crippen molar-refractivity contribution in [3.63, 3.8) is 0 Å². The largest absolute Gasteiger partial charge is 0.493 e. The molecule has 0 spiro atoms. The number of carbonyl (C=O) groups is 2. The number of aromatic nitrogens is 2. The average molecular weight is 436 g/mol. The van der Waals surface area contributed by atoms with Gasteiger partial charge in [0.15, 0.2) is 11.5 Å². The van der Waals surface area contributed by atoms with Crippen molar-refractivity contribution in [3.05, 3.63) is 54.2 Å². The van der Waals surface area contributed by atoms with Gasteiger partial charge < -0.3 is 24.8 Å². The molecule has 0 radical (unpaired) electrons. The summed E-state index contributed by atoms with van der Waals surface area (Å²) in [6.45, 7) is 0.240. The molecular weight excluding hydrogens is 412 g/mol. The molecule has 9 nitrogen and oxygen atoms in total. The van der Waals surface area contributed by atoms with Crippen molar-refractivity contribution in [1.29, 1.82) is 0 Å². The van der Waals surface area contributed by atoms with E-state index < -0.39 is 6.04 Å². The predicted octanol–water partition coefficient (Wildman–Crippen LogP) is 3.24. The molecule has 0 saturated carbocycles. The number of hydrogen-bond donors (Lipinski definition) is 2. The molecule has 166 valence electrons. The van der Waals surface area contributed by atoms with E-state index in [0.717, 1.165) is 11.1 Å². The van der Waals surface area contributed by atoms with E-state index >= 15 is 0 Å². The minimum atomic E-state index is -0.820. The van der Waals surface area contributed by atoms with E-state index in [1.54, 1.807) is 30.0 Å². The van der Waals surface area contributed by atoms with Gasteiger partial charge in [0.25, 0.3) is 0 Å². The number of anilines is 2. The molecular formula is C23H24N4O5. The van der Waals surface area contributed by atoms with Crippen LogP contribution in [-0.2, 0) is 20.9 Å². The smallest absolute Gasteiger partial charge is 0.249 e. The van der Waals surface area contributed by atoms with Crippen molar-refractivity contribution in [3.8, 4) is 22.6 Å². The SMILES string of the molecule is COCc1nn2c(c1-c1ccccc1)NC(=O)C[C@@H]2C(=O)Nc1ccc(OC)c(OC)c1. The Kier molecular flexibility index (Phi) is 6.09. The van der Waals surface area contributed by atoms with E-state index in [9.17, 15) is 9.59 Å². The monoisotopic (exact) mass is 436 g/mol. The Balaban J connectivity index is 1.70. The maximum Gasteiger partial charge on any atom is 0.249 e. The Bertz CT molecular complexity index is 1140. The highest BCUT2D eigenvalue weighted by atomic mass is 16.5. The Hall–Kier alpha value is -3.85. The molecule has 1 aliphatic heterocycles. The van der Waals surface area contributed by atoms with Crippen molar-refractivity contribution >= 4 is 23.3 Å². The number of methoxy groups -OCH3 is 3. The molecule has 2 heterocycles. The fourth-order valence-electron chi connectivity index (χ4n) is 3.76. The van der Waals surface area contributed by atoms with E-state index in [0.29, 0.717) is 28.7 Å². The fraction of sp³-hybridized carbons (Fsp3) is 0.261. The Morgan fingerprint density at radius 3 is 2.56 bits per heavy atom. The number of rotatable bonds is 7. The summed E-state index contributed by atoms with van der Waals surface area (Å²) < 4.78 is 17.4. The molecule has 0 aliphatic carbocycles.